The molecular formula is C76H65BrClF15N26O11S3. The molecule has 0 amide bonds. The van der Waals surface area contributed by atoms with Crippen LogP contribution in [0.25, 0.3) is 32.1 Å². The Hall–Kier alpha value is -14.0. The number of esters is 3. The largest absolute Gasteiger partial charge is 0.478 e. The number of hydrogen-bond acceptors (Lipinski definition) is 39. The average Bonchev–Trinajstić information content (AvgIpc) is 1.70. The first-order valence-corrected chi connectivity index (χ1v) is 40.9. The molecule has 37 nitrogen and oxygen atoms in total. The van der Waals surface area contributed by atoms with Crippen molar-refractivity contribution in [3.05, 3.63) is 216 Å². The second-order valence-electron chi connectivity index (χ2n) is 29.4. The van der Waals surface area contributed by atoms with Gasteiger partial charge in [-0.3, -0.25) is 0 Å². The van der Waals surface area contributed by atoms with Crippen molar-refractivity contribution in [3.63, 3.8) is 0 Å². The number of ether oxygens (including phenoxy) is 3. The third-order valence-electron chi connectivity index (χ3n) is 15.0. The van der Waals surface area contributed by atoms with Gasteiger partial charge >= 0.3 is 72.4 Å². The van der Waals surface area contributed by atoms with Crippen molar-refractivity contribution in [2.75, 3.05) is 20.9 Å². The van der Waals surface area contributed by atoms with Crippen LogP contribution in [0.1, 0.15) is 158 Å². The Labute approximate surface area is 763 Å². The van der Waals surface area contributed by atoms with Crippen LogP contribution in [0.15, 0.2) is 148 Å². The molecule has 14 heterocycles. The molecule has 0 unspecified atom stereocenters. The predicted molar refractivity (Wildman–Crippen MR) is 443 cm³/mol. The Bertz CT molecular complexity index is 6320. The van der Waals surface area contributed by atoms with Crippen molar-refractivity contribution in [2.45, 2.75) is 142 Å². The van der Waals surface area contributed by atoms with Crippen molar-refractivity contribution >= 4 is 126 Å². The summed E-state index contributed by atoms with van der Waals surface area (Å²) in [5.74, 6) is -6.45. The summed E-state index contributed by atoms with van der Waals surface area (Å²) < 4.78 is 215. The maximum absolute atomic E-state index is 12.8. The zero-order valence-electron chi connectivity index (χ0n) is 69.8. The molecule has 4 N–H and O–H groups in total. The Kier molecular flexibility index (Phi) is 33.5. The molecule has 0 aliphatic heterocycles. The number of nitrogens with one attached hydrogen (secondary N) is 1. The molecule has 0 saturated heterocycles. The van der Waals surface area contributed by atoms with Crippen LogP contribution in [-0.4, -0.2) is 158 Å². The number of halogens is 17. The number of carboxylic acid groups (broad SMARTS) is 1. The molecule has 702 valence electrons. The Morgan fingerprint density at radius 3 is 1.08 bits per heavy atom. The Morgan fingerprint density at radius 2 is 0.737 bits per heavy atom. The molecule has 0 spiro atoms. The normalized spacial score (nSPS) is 11.7. The van der Waals surface area contributed by atoms with Crippen LogP contribution in [0.4, 0.5) is 107 Å². The first-order chi connectivity index (χ1) is 62.0. The van der Waals surface area contributed by atoms with Gasteiger partial charge in [0.05, 0.1) is 111 Å². The monoisotopic (exact) mass is 2010 g/mol. The van der Waals surface area contributed by atoms with Crippen LogP contribution in [0.5, 0.6) is 0 Å². The fraction of sp³-hybridized carbons (Fsp3) is 0.289. The Morgan fingerprint density at radius 1 is 0.414 bits per heavy atom. The number of carbonyl (C=O) groups is 4. The van der Waals surface area contributed by atoms with Crippen molar-refractivity contribution in [3.8, 4) is 32.1 Å². The quantitative estimate of drug-likeness (QED) is 0.0311. The second kappa shape index (κ2) is 43.3. The molecule has 0 radical (unpaired) electrons. The summed E-state index contributed by atoms with van der Waals surface area (Å²) >= 11 is 12.4. The zero-order valence-corrected chi connectivity index (χ0v) is 74.6. The SMILES string of the molecule is CC(C)(C)OC(=O)c1cnnc(Cl)c1.CC(C)(C)OC(=O)c1cnnc(Nc2cc(C(F)(F)F)cnn2)c1.Cc1cnnc(N(Cc2ccc(-c3noc(C(F)(F)F)n3)s2)c2cc(C(=O)O)cnn2)c1.Cc1cnnc(N(Cc2ccc(-c3noc(C(F)(F)F)n3)s2)c2cc(C(=O)OC(C)(C)C)cnn2)c1.FC(F)(F)c1nc(-c2ccc(CBr)s2)no1.Nc1cc(C(F)(F)F)cnn1. The lowest BCUT2D eigenvalue weighted by atomic mass is 10.2. The molecule has 0 atom stereocenters. The number of nitrogen functional groups attached to an aromatic ring is 1. The summed E-state index contributed by atoms with van der Waals surface area (Å²) in [5, 5.41) is 82.2. The third-order valence-corrected chi connectivity index (χ3v) is 19.4. The number of nitrogens with two attached hydrogens (primary N) is 1. The van der Waals surface area contributed by atoms with E-state index in [4.69, 9.17) is 31.5 Å². The van der Waals surface area contributed by atoms with Gasteiger partial charge in [0.2, 0.25) is 17.5 Å². The molecule has 0 aromatic carbocycles. The lowest BCUT2D eigenvalue weighted by Crippen LogP contribution is -2.25. The number of aromatic nitrogens is 22. The van der Waals surface area contributed by atoms with E-state index in [1.54, 1.807) is 133 Å². The molecule has 0 aliphatic carbocycles. The van der Waals surface area contributed by atoms with E-state index in [1.165, 1.54) is 65.5 Å². The van der Waals surface area contributed by atoms with E-state index in [0.717, 1.165) is 50.5 Å². The van der Waals surface area contributed by atoms with E-state index in [0.29, 0.717) is 60.2 Å². The summed E-state index contributed by atoms with van der Waals surface area (Å²) in [7, 11) is 0. The first-order valence-electron chi connectivity index (χ1n) is 36.9. The summed E-state index contributed by atoms with van der Waals surface area (Å²) in [5.41, 5.74) is 3.39. The number of carboxylic acids is 1. The minimum atomic E-state index is -4.74. The summed E-state index contributed by atoms with van der Waals surface area (Å²) in [6.07, 6.45) is -13.7. The highest BCUT2D eigenvalue weighted by atomic mass is 79.9. The van der Waals surface area contributed by atoms with Gasteiger partial charge in [0.15, 0.2) is 40.1 Å². The number of rotatable bonds is 18. The van der Waals surface area contributed by atoms with Gasteiger partial charge in [-0.2, -0.15) is 122 Å². The first kappa shape index (κ1) is 103. The van der Waals surface area contributed by atoms with E-state index in [2.05, 4.69) is 147 Å². The van der Waals surface area contributed by atoms with E-state index < -0.39 is 100 Å². The number of alkyl halides is 16. The Balaban J connectivity index is 0.000000188. The third kappa shape index (κ3) is 31.9. The van der Waals surface area contributed by atoms with Crippen LogP contribution in [0, 0.1) is 13.8 Å². The molecule has 57 heteroatoms. The maximum Gasteiger partial charge on any atom is 0.471 e. The number of thiophene rings is 3. The number of hydrogen-bond donors (Lipinski definition) is 3. The molecule has 0 bridgehead atoms. The highest BCUT2D eigenvalue weighted by Gasteiger charge is 2.42. The van der Waals surface area contributed by atoms with Crippen LogP contribution < -0.4 is 20.9 Å². The molecule has 14 aromatic rings. The van der Waals surface area contributed by atoms with Gasteiger partial charge in [-0.15, -0.1) is 74.8 Å². The minimum Gasteiger partial charge on any atom is -0.478 e. The molecule has 0 saturated carbocycles. The number of anilines is 7. The highest BCUT2D eigenvalue weighted by molar-refractivity contribution is 9.08. The molecule has 133 heavy (non-hydrogen) atoms. The van der Waals surface area contributed by atoms with Gasteiger partial charge in [-0.25, -0.2) is 19.2 Å². The van der Waals surface area contributed by atoms with Crippen LogP contribution in [0.2, 0.25) is 5.15 Å². The fourth-order valence-corrected chi connectivity index (χ4v) is 12.9. The predicted octanol–water partition coefficient (Wildman–Crippen LogP) is 18.6. The molecular weight excluding hydrogens is 1950 g/mol. The van der Waals surface area contributed by atoms with Crippen molar-refractivity contribution in [1.82, 2.24) is 112 Å². The van der Waals surface area contributed by atoms with E-state index in [9.17, 15) is 90.1 Å². The van der Waals surface area contributed by atoms with Gasteiger partial charge in [0, 0.05) is 20.0 Å². The smallest absolute Gasteiger partial charge is 0.471 e. The van der Waals surface area contributed by atoms with Crippen molar-refractivity contribution in [1.29, 1.82) is 0 Å². The standard InChI is InChI=1S/C22H20F3N7O3S.C18H12F3N7O3S.C14H14F3N5O2.C9H11ClN2O2.C8H4BrF3N2OS.C5H4F3N3/c1-12-7-16(29-26-9-12)32(17-8-13(10-27-30-17)19(33)34-21(2,3)4)11-14-5-6-15(36-14)18-28-20(35-31-18)22(23,24)25;1-9-4-13(25-22-6-9)28(14-5-10(16(29)30)7-23-26-14)8-11-2-3-12(32-11)15-24-17(31-27-15)18(19,20)21;1-13(2,3)24-12(23)8-4-10(21-18-6-8)20-11-5-9(7-19-22-11)14(15,16)17;1-9(2,3)14-8(13)6-4-7(10)12-11-5-6;9-3-4-1-2-5(16-4)6-13-7(15-14-6)8(10,11)12;6-5(7,8)3-1-4(9)11-10-2-3/h5-10H,11H2,1-4H3;2-7H,8H2,1H3,(H,29,30);4-7H,1-3H3,(H,20,21,22);4-5H,1-3H3;1-2H,3H2;1-2H,(H2,9,11). The van der Waals surface area contributed by atoms with Gasteiger partial charge in [0.1, 0.15) is 22.6 Å². The van der Waals surface area contributed by atoms with Crippen molar-refractivity contribution in [2.24, 2.45) is 0 Å². The van der Waals surface area contributed by atoms with E-state index in [-0.39, 0.29) is 75.7 Å². The van der Waals surface area contributed by atoms with Gasteiger partial charge in [-0.1, -0.05) is 43.0 Å². The topological polar surface area (TPSA) is 484 Å². The van der Waals surface area contributed by atoms with Gasteiger partial charge < -0.3 is 53.7 Å². The fourth-order valence-electron chi connectivity index (χ4n) is 9.54. The average molecular weight is 2020 g/mol. The number of nitrogens with zero attached hydrogens (tertiary/aromatic N) is 24. The summed E-state index contributed by atoms with van der Waals surface area (Å²) in [4.78, 5) is 64.4. The minimum absolute atomic E-state index is 0.0342. The van der Waals surface area contributed by atoms with Crippen LogP contribution >= 0.6 is 61.5 Å². The highest BCUT2D eigenvalue weighted by Crippen LogP contribution is 2.39. The molecule has 14 aromatic heterocycles. The molecule has 14 rings (SSSR count). The zero-order chi connectivity index (χ0) is 97.9. The lowest BCUT2D eigenvalue weighted by Gasteiger charge is -2.22. The van der Waals surface area contributed by atoms with Gasteiger partial charge in [-0.05, 0) is 172 Å². The van der Waals surface area contributed by atoms with E-state index in [1.807, 2.05) is 13.8 Å². The molecule has 0 aliphatic rings. The lowest BCUT2D eigenvalue weighted by molar-refractivity contribution is -0.160. The number of aromatic carboxylic acids is 1. The van der Waals surface area contributed by atoms with Crippen molar-refractivity contribution < 1.29 is 118 Å². The van der Waals surface area contributed by atoms with E-state index >= 15 is 0 Å². The second-order valence-corrected chi connectivity index (χ2v) is 33.8. The summed E-state index contributed by atoms with van der Waals surface area (Å²) in [6.45, 7) is 19.8. The summed E-state index contributed by atoms with van der Waals surface area (Å²) in [6, 6.07) is 20.6. The number of carbonyl (C=O) groups excluding carboxylic acids is 3. The van der Waals surface area contributed by atoms with Crippen LogP contribution in [0.3, 0.4) is 0 Å². The van der Waals surface area contributed by atoms with Gasteiger partial charge in [0.25, 0.3) is 0 Å². The number of aryl methyl sites for hydroxylation is 2. The molecule has 0 fully saturated rings. The maximum atomic E-state index is 12.8. The van der Waals surface area contributed by atoms with Crippen LogP contribution in [-0.2, 0) is 63.5 Å².